The van der Waals surface area contributed by atoms with Crippen molar-refractivity contribution in [3.63, 3.8) is 0 Å². The summed E-state index contributed by atoms with van der Waals surface area (Å²) in [5.41, 5.74) is 4.30. The summed E-state index contributed by atoms with van der Waals surface area (Å²) in [6, 6.07) is 7.47. The second-order valence-electron chi connectivity index (χ2n) is 8.92. The van der Waals surface area contributed by atoms with Crippen LogP contribution in [0.5, 0.6) is 5.88 Å². The fourth-order valence-electron chi connectivity index (χ4n) is 3.84. The molecule has 0 saturated carbocycles. The average molecular weight is 504 g/mol. The monoisotopic (exact) mass is 503 g/mol. The molecule has 1 amide bonds. The van der Waals surface area contributed by atoms with Gasteiger partial charge in [0, 0.05) is 24.6 Å². The third-order valence-electron chi connectivity index (χ3n) is 5.70. The molecule has 0 bridgehead atoms. The van der Waals surface area contributed by atoms with Crippen LogP contribution in [0.15, 0.2) is 61.6 Å². The van der Waals surface area contributed by atoms with Crippen LogP contribution < -0.4 is 15.4 Å². The molecule has 3 aromatic rings. The Kier molecular flexibility index (Phi) is 9.01. The van der Waals surface area contributed by atoms with Crippen LogP contribution in [0.2, 0.25) is 0 Å². The number of rotatable bonds is 12. The molecule has 4 rings (SSSR count). The van der Waals surface area contributed by atoms with E-state index in [1.807, 2.05) is 41.2 Å². The number of benzene rings is 1. The van der Waals surface area contributed by atoms with E-state index in [4.69, 9.17) is 9.47 Å². The molecule has 0 spiro atoms. The van der Waals surface area contributed by atoms with Crippen molar-refractivity contribution in [2.24, 2.45) is 0 Å². The number of carbonyl (C=O) groups excluding carboxylic acids is 1. The first kappa shape index (κ1) is 26.1. The van der Waals surface area contributed by atoms with Gasteiger partial charge < -0.3 is 25.0 Å². The Balaban J connectivity index is 1.49. The lowest BCUT2D eigenvalue weighted by Gasteiger charge is -2.17. The van der Waals surface area contributed by atoms with Crippen LogP contribution in [0, 0.1) is 0 Å². The zero-order valence-electron chi connectivity index (χ0n) is 21.3. The smallest absolute Gasteiger partial charge is 0.247 e. The number of carbonyl (C=O) groups is 1. The van der Waals surface area contributed by atoms with Crippen molar-refractivity contribution in [3.8, 4) is 5.88 Å². The van der Waals surface area contributed by atoms with Crippen molar-refractivity contribution >= 4 is 28.8 Å². The van der Waals surface area contributed by atoms with Crippen molar-refractivity contribution in [1.29, 1.82) is 0 Å². The predicted molar refractivity (Wildman–Crippen MR) is 144 cm³/mol. The topological polar surface area (TPSA) is 106 Å². The third-order valence-corrected chi connectivity index (χ3v) is 5.70. The van der Waals surface area contributed by atoms with Crippen molar-refractivity contribution in [3.05, 3.63) is 72.7 Å². The van der Waals surface area contributed by atoms with Crippen LogP contribution in [-0.2, 0) is 22.7 Å². The summed E-state index contributed by atoms with van der Waals surface area (Å²) in [6.07, 6.45) is 10.5. The van der Waals surface area contributed by atoms with E-state index in [-0.39, 0.29) is 12.5 Å². The maximum Gasteiger partial charge on any atom is 0.247 e. The molecule has 1 aliphatic rings. The first-order valence-electron chi connectivity index (χ1n) is 12.2. The molecular formula is C27H33N7O3. The van der Waals surface area contributed by atoms with Crippen LogP contribution >= 0.6 is 0 Å². The molecule has 0 saturated heterocycles. The van der Waals surface area contributed by atoms with Gasteiger partial charge in [-0.3, -0.25) is 9.48 Å². The Bertz CT molecular complexity index is 1250. The highest BCUT2D eigenvalue weighted by atomic mass is 16.5. The van der Waals surface area contributed by atoms with Gasteiger partial charge in [-0.2, -0.15) is 10.1 Å². The molecule has 2 N–H and O–H groups in total. The summed E-state index contributed by atoms with van der Waals surface area (Å²) in [4.78, 5) is 23.0. The number of hydrogen-bond donors (Lipinski definition) is 2. The van der Waals surface area contributed by atoms with E-state index in [0.29, 0.717) is 30.7 Å². The molecule has 194 valence electrons. The molecule has 2 aromatic heterocycles. The minimum atomic E-state index is -0.264. The maximum absolute atomic E-state index is 11.7. The minimum absolute atomic E-state index is 0.264. The molecule has 0 atom stereocenters. The molecule has 10 heteroatoms. The normalized spacial score (nSPS) is 13.2. The lowest BCUT2D eigenvalue weighted by Crippen LogP contribution is -2.15. The standard InChI is InChI=1S/C27H33N7O3/c1-4-25(35)30-22-8-5-7-20(15-22)19-37-26-24(21-9-13-36-14-10-21)17-28-27(32-26)31-23-16-29-34(18-23)12-6-11-33(2)3/h4-5,7-9,15-18H,1,6,10-14,19H2,2-3H3,(H,30,35)(H,28,31,32). The zero-order chi connectivity index (χ0) is 26.0. The van der Waals surface area contributed by atoms with Crippen LogP contribution in [-0.4, -0.2) is 64.4 Å². The molecule has 10 nitrogen and oxygen atoms in total. The van der Waals surface area contributed by atoms with Gasteiger partial charge in [0.15, 0.2) is 0 Å². The van der Waals surface area contributed by atoms with Gasteiger partial charge in [-0.15, -0.1) is 0 Å². The quantitative estimate of drug-likeness (QED) is 0.359. The fraction of sp³-hybridized carbons (Fsp3) is 0.333. The van der Waals surface area contributed by atoms with Crippen LogP contribution in [0.3, 0.4) is 0 Å². The van der Waals surface area contributed by atoms with Crippen LogP contribution in [0.25, 0.3) is 5.57 Å². The molecule has 1 aromatic carbocycles. The number of aromatic nitrogens is 4. The number of nitrogens with zero attached hydrogens (tertiary/aromatic N) is 5. The average Bonchev–Trinajstić information content (AvgIpc) is 3.35. The molecule has 3 heterocycles. The lowest BCUT2D eigenvalue weighted by molar-refractivity contribution is -0.111. The molecule has 0 fully saturated rings. The number of amides is 1. The van der Waals surface area contributed by atoms with Gasteiger partial charge in [0.1, 0.15) is 6.61 Å². The highest BCUT2D eigenvalue weighted by molar-refractivity contribution is 5.98. The predicted octanol–water partition coefficient (Wildman–Crippen LogP) is 3.88. The number of aryl methyl sites for hydroxylation is 1. The molecule has 0 radical (unpaired) electrons. The van der Waals surface area contributed by atoms with Crippen molar-refractivity contribution < 1.29 is 14.3 Å². The Morgan fingerprint density at radius 1 is 1.30 bits per heavy atom. The molecule has 1 aliphatic heterocycles. The van der Waals surface area contributed by atoms with Gasteiger partial charge >= 0.3 is 0 Å². The maximum atomic E-state index is 11.7. The van der Waals surface area contributed by atoms with Crippen molar-refractivity contribution in [1.82, 2.24) is 24.6 Å². The van der Waals surface area contributed by atoms with E-state index < -0.39 is 0 Å². The molecule has 0 unspecified atom stereocenters. The second kappa shape index (κ2) is 12.8. The third kappa shape index (κ3) is 7.73. The van der Waals surface area contributed by atoms with Crippen molar-refractivity contribution in [2.45, 2.75) is 26.0 Å². The summed E-state index contributed by atoms with van der Waals surface area (Å²) in [5.74, 6) is 0.634. The Hall–Kier alpha value is -4.02. The summed E-state index contributed by atoms with van der Waals surface area (Å²) in [7, 11) is 4.12. The Morgan fingerprint density at radius 2 is 2.19 bits per heavy atom. The van der Waals surface area contributed by atoms with E-state index in [9.17, 15) is 4.79 Å². The summed E-state index contributed by atoms with van der Waals surface area (Å²) in [5, 5.41) is 10.4. The lowest BCUT2D eigenvalue weighted by atomic mass is 10.0. The van der Waals surface area contributed by atoms with Crippen LogP contribution in [0.1, 0.15) is 24.0 Å². The fourth-order valence-corrected chi connectivity index (χ4v) is 3.84. The van der Waals surface area contributed by atoms with E-state index in [0.717, 1.165) is 48.3 Å². The molecular weight excluding hydrogens is 470 g/mol. The van der Waals surface area contributed by atoms with E-state index in [1.54, 1.807) is 12.4 Å². The number of ether oxygens (including phenoxy) is 2. The first-order chi connectivity index (χ1) is 18.0. The van der Waals surface area contributed by atoms with Gasteiger partial charge in [-0.25, -0.2) is 4.98 Å². The summed E-state index contributed by atoms with van der Waals surface area (Å²) in [6.45, 7) is 6.78. The van der Waals surface area contributed by atoms with Crippen LogP contribution in [0.4, 0.5) is 17.3 Å². The van der Waals surface area contributed by atoms with Gasteiger partial charge in [-0.1, -0.05) is 24.8 Å². The van der Waals surface area contributed by atoms with E-state index in [1.165, 1.54) is 6.08 Å². The summed E-state index contributed by atoms with van der Waals surface area (Å²) >= 11 is 0. The van der Waals surface area contributed by atoms with E-state index >= 15 is 0 Å². The zero-order valence-corrected chi connectivity index (χ0v) is 21.3. The van der Waals surface area contributed by atoms with E-state index in [2.05, 4.69) is 51.3 Å². The largest absolute Gasteiger partial charge is 0.472 e. The molecule has 37 heavy (non-hydrogen) atoms. The van der Waals surface area contributed by atoms with Gasteiger partial charge in [0.05, 0.1) is 30.7 Å². The summed E-state index contributed by atoms with van der Waals surface area (Å²) < 4.78 is 13.6. The van der Waals surface area contributed by atoms with Crippen molar-refractivity contribution in [2.75, 3.05) is 44.5 Å². The van der Waals surface area contributed by atoms with Gasteiger partial charge in [0.2, 0.25) is 17.7 Å². The SMILES string of the molecule is C=CC(=O)Nc1cccc(COc2nc(Nc3cnn(CCCN(C)C)c3)ncc2C2=CCOCC2)c1. The number of nitrogens with one attached hydrogen (secondary N) is 2. The number of anilines is 3. The van der Waals surface area contributed by atoms with Gasteiger partial charge in [0.25, 0.3) is 0 Å². The minimum Gasteiger partial charge on any atom is -0.472 e. The second-order valence-corrected chi connectivity index (χ2v) is 8.92. The Morgan fingerprint density at radius 3 is 2.97 bits per heavy atom. The first-order valence-corrected chi connectivity index (χ1v) is 12.2. The Labute approximate surface area is 217 Å². The highest BCUT2D eigenvalue weighted by Gasteiger charge is 2.16. The number of hydrogen-bond acceptors (Lipinski definition) is 8. The highest BCUT2D eigenvalue weighted by Crippen LogP contribution is 2.30. The van der Waals surface area contributed by atoms with Gasteiger partial charge in [-0.05, 0) is 62.8 Å². The molecule has 0 aliphatic carbocycles.